The smallest absolute Gasteiger partial charge is 0.218 e. The Balaban J connectivity index is 2.67. The third kappa shape index (κ3) is 2.59. The fraction of sp³-hybridized carbons (Fsp3) is 1.00. The molecule has 4 nitrogen and oxygen atoms in total. The predicted molar refractivity (Wildman–Crippen MR) is 56.3 cm³/mol. The van der Waals surface area contributed by atoms with Crippen LogP contribution in [0.2, 0.25) is 0 Å². The average molecular weight is 224 g/mol. The van der Waals surface area contributed by atoms with E-state index in [9.17, 15) is 8.42 Å². The highest BCUT2D eigenvalue weighted by molar-refractivity contribution is 7.99. The Bertz CT molecular complexity index is 247. The van der Waals surface area contributed by atoms with E-state index >= 15 is 0 Å². The van der Waals surface area contributed by atoms with Crippen molar-refractivity contribution in [1.29, 1.82) is 0 Å². The fourth-order valence-corrected chi connectivity index (χ4v) is 3.76. The summed E-state index contributed by atoms with van der Waals surface area (Å²) in [4.78, 5) is 0. The number of rotatable bonds is 3. The van der Waals surface area contributed by atoms with Crippen molar-refractivity contribution in [3.8, 4) is 0 Å². The number of hydrogen-bond acceptors (Lipinski definition) is 4. The molecule has 78 valence electrons. The number of hydrogen-bond donors (Lipinski definition) is 1. The SMILES string of the molecule is CC(CN)S(=O)(=O)N1CCSCC1. The Hall–Kier alpha value is 0.220. The Kier molecular flexibility index (Phi) is 4.03. The molecule has 2 N–H and O–H groups in total. The van der Waals surface area contributed by atoms with Crippen molar-refractivity contribution in [3.63, 3.8) is 0 Å². The number of sulfonamides is 1. The second-order valence-electron chi connectivity index (χ2n) is 3.10. The van der Waals surface area contributed by atoms with Crippen LogP contribution >= 0.6 is 11.8 Å². The Morgan fingerprint density at radius 1 is 1.46 bits per heavy atom. The summed E-state index contributed by atoms with van der Waals surface area (Å²) in [5.41, 5.74) is 5.35. The largest absolute Gasteiger partial charge is 0.329 e. The van der Waals surface area contributed by atoms with Gasteiger partial charge in [0.2, 0.25) is 10.0 Å². The van der Waals surface area contributed by atoms with Crippen molar-refractivity contribution in [2.24, 2.45) is 5.73 Å². The van der Waals surface area contributed by atoms with E-state index in [-0.39, 0.29) is 6.54 Å². The van der Waals surface area contributed by atoms with Gasteiger partial charge in [-0.25, -0.2) is 12.7 Å². The minimum absolute atomic E-state index is 0.200. The minimum atomic E-state index is -3.12. The van der Waals surface area contributed by atoms with Gasteiger partial charge in [0.05, 0.1) is 5.25 Å². The zero-order valence-corrected chi connectivity index (χ0v) is 9.40. The van der Waals surface area contributed by atoms with Crippen LogP contribution in [-0.4, -0.2) is 49.1 Å². The summed E-state index contributed by atoms with van der Waals surface area (Å²) < 4.78 is 25.1. The average Bonchev–Trinajstić information content (AvgIpc) is 2.18. The van der Waals surface area contributed by atoms with Gasteiger partial charge < -0.3 is 5.73 Å². The van der Waals surface area contributed by atoms with Crippen LogP contribution in [0.1, 0.15) is 6.92 Å². The second-order valence-corrected chi connectivity index (χ2v) is 6.68. The third-order valence-electron chi connectivity index (χ3n) is 2.17. The zero-order valence-electron chi connectivity index (χ0n) is 7.77. The number of nitrogens with zero attached hydrogens (tertiary/aromatic N) is 1. The lowest BCUT2D eigenvalue weighted by Gasteiger charge is -2.28. The molecule has 1 aliphatic rings. The van der Waals surface area contributed by atoms with Gasteiger partial charge in [-0.2, -0.15) is 11.8 Å². The van der Waals surface area contributed by atoms with Gasteiger partial charge in [0.15, 0.2) is 0 Å². The van der Waals surface area contributed by atoms with Crippen molar-refractivity contribution in [3.05, 3.63) is 0 Å². The predicted octanol–water partition coefficient (Wildman–Crippen LogP) is -0.288. The molecule has 0 radical (unpaired) electrons. The molecule has 0 saturated carbocycles. The van der Waals surface area contributed by atoms with Gasteiger partial charge in [-0.1, -0.05) is 0 Å². The highest BCUT2D eigenvalue weighted by Gasteiger charge is 2.28. The van der Waals surface area contributed by atoms with Gasteiger partial charge in [0.1, 0.15) is 0 Å². The first kappa shape index (κ1) is 11.3. The standard InChI is InChI=1S/C7H16N2O2S2/c1-7(6-8)13(10,11)9-2-4-12-5-3-9/h7H,2-6,8H2,1H3. The van der Waals surface area contributed by atoms with Gasteiger partial charge in [-0.15, -0.1) is 0 Å². The molecule has 0 aromatic carbocycles. The molecular weight excluding hydrogens is 208 g/mol. The highest BCUT2D eigenvalue weighted by atomic mass is 32.2. The summed E-state index contributed by atoms with van der Waals surface area (Å²) in [6.07, 6.45) is 0. The molecular formula is C7H16N2O2S2. The molecule has 0 bridgehead atoms. The van der Waals surface area contributed by atoms with Crippen LogP contribution in [0.4, 0.5) is 0 Å². The topological polar surface area (TPSA) is 63.4 Å². The van der Waals surface area contributed by atoms with Crippen LogP contribution in [0.3, 0.4) is 0 Å². The summed E-state index contributed by atoms with van der Waals surface area (Å²) in [7, 11) is -3.12. The molecule has 1 rings (SSSR count). The molecule has 1 heterocycles. The monoisotopic (exact) mass is 224 g/mol. The van der Waals surface area contributed by atoms with Crippen LogP contribution in [0.15, 0.2) is 0 Å². The quantitative estimate of drug-likeness (QED) is 0.715. The first-order valence-electron chi connectivity index (χ1n) is 4.36. The molecule has 1 fully saturated rings. The molecule has 0 aliphatic carbocycles. The molecule has 13 heavy (non-hydrogen) atoms. The van der Waals surface area contributed by atoms with Gasteiger partial charge in [-0.3, -0.25) is 0 Å². The maximum atomic E-state index is 11.8. The fourth-order valence-electron chi connectivity index (χ4n) is 1.18. The van der Waals surface area contributed by atoms with Crippen molar-refractivity contribution in [2.75, 3.05) is 31.1 Å². The molecule has 0 spiro atoms. The van der Waals surface area contributed by atoms with Gasteiger partial charge in [0.25, 0.3) is 0 Å². The zero-order chi connectivity index (χ0) is 9.90. The normalized spacial score (nSPS) is 22.9. The Morgan fingerprint density at radius 3 is 2.46 bits per heavy atom. The number of nitrogens with two attached hydrogens (primary N) is 1. The Labute approximate surface area is 83.9 Å². The van der Waals surface area contributed by atoms with Crippen molar-refractivity contribution in [1.82, 2.24) is 4.31 Å². The summed E-state index contributed by atoms with van der Waals surface area (Å²) in [5, 5.41) is -0.449. The van der Waals surface area contributed by atoms with Crippen molar-refractivity contribution >= 4 is 21.8 Å². The molecule has 1 unspecified atom stereocenters. The van der Waals surface area contributed by atoms with Crippen molar-refractivity contribution in [2.45, 2.75) is 12.2 Å². The third-order valence-corrected chi connectivity index (χ3v) is 5.41. The van der Waals surface area contributed by atoms with Crippen LogP contribution in [0.25, 0.3) is 0 Å². The lowest BCUT2D eigenvalue weighted by molar-refractivity contribution is 0.436. The molecule has 6 heteroatoms. The van der Waals surface area contributed by atoms with E-state index in [1.165, 1.54) is 0 Å². The lowest BCUT2D eigenvalue weighted by Crippen LogP contribution is -2.44. The molecule has 1 saturated heterocycles. The van der Waals surface area contributed by atoms with E-state index in [0.717, 1.165) is 11.5 Å². The molecule has 0 aromatic rings. The summed E-state index contributed by atoms with van der Waals surface area (Å²) in [5.74, 6) is 1.80. The van der Waals surface area contributed by atoms with E-state index in [1.54, 1.807) is 23.0 Å². The minimum Gasteiger partial charge on any atom is -0.329 e. The van der Waals surface area contributed by atoms with E-state index in [4.69, 9.17) is 5.73 Å². The van der Waals surface area contributed by atoms with Crippen LogP contribution in [0.5, 0.6) is 0 Å². The van der Waals surface area contributed by atoms with Gasteiger partial charge in [0, 0.05) is 31.1 Å². The van der Waals surface area contributed by atoms with E-state index in [1.807, 2.05) is 0 Å². The number of thioether (sulfide) groups is 1. The van der Waals surface area contributed by atoms with Crippen LogP contribution in [-0.2, 0) is 10.0 Å². The van der Waals surface area contributed by atoms with E-state index < -0.39 is 15.3 Å². The highest BCUT2D eigenvalue weighted by Crippen LogP contribution is 2.15. The second kappa shape index (κ2) is 4.63. The van der Waals surface area contributed by atoms with Gasteiger partial charge >= 0.3 is 0 Å². The van der Waals surface area contributed by atoms with Crippen molar-refractivity contribution < 1.29 is 8.42 Å². The maximum Gasteiger partial charge on any atom is 0.218 e. The first-order chi connectivity index (χ1) is 6.09. The van der Waals surface area contributed by atoms with Gasteiger partial charge in [-0.05, 0) is 6.92 Å². The summed E-state index contributed by atoms with van der Waals surface area (Å²) >= 11 is 1.80. The summed E-state index contributed by atoms with van der Waals surface area (Å²) in [6, 6.07) is 0. The van der Waals surface area contributed by atoms with Crippen LogP contribution < -0.4 is 5.73 Å². The molecule has 1 aliphatic heterocycles. The molecule has 0 aromatic heterocycles. The lowest BCUT2D eigenvalue weighted by atomic mass is 10.5. The van der Waals surface area contributed by atoms with E-state index in [2.05, 4.69) is 0 Å². The Morgan fingerprint density at radius 2 is 2.00 bits per heavy atom. The maximum absolute atomic E-state index is 11.8. The van der Waals surface area contributed by atoms with E-state index in [0.29, 0.717) is 13.1 Å². The summed E-state index contributed by atoms with van der Waals surface area (Å²) in [6.45, 7) is 3.14. The first-order valence-corrected chi connectivity index (χ1v) is 7.01. The molecule has 0 amide bonds. The molecule has 1 atom stereocenters. The van der Waals surface area contributed by atoms with Crippen LogP contribution in [0, 0.1) is 0 Å².